The summed E-state index contributed by atoms with van der Waals surface area (Å²) in [5, 5.41) is 9.27. The normalized spacial score (nSPS) is 24.1. The van der Waals surface area contributed by atoms with Crippen LogP contribution in [0, 0.1) is 5.92 Å². The average molecular weight is 364 g/mol. The Morgan fingerprint density at radius 3 is 2.63 bits per heavy atom. The van der Waals surface area contributed by atoms with E-state index in [1.807, 2.05) is 6.07 Å². The van der Waals surface area contributed by atoms with E-state index in [1.165, 1.54) is 25.7 Å². The van der Waals surface area contributed by atoms with Crippen LogP contribution in [0.25, 0.3) is 0 Å². The Morgan fingerprint density at radius 2 is 1.81 bits per heavy atom. The number of pyridine rings is 1. The van der Waals surface area contributed by atoms with E-state index in [1.54, 1.807) is 42.7 Å². The summed E-state index contributed by atoms with van der Waals surface area (Å²) in [7, 11) is 0. The highest BCUT2D eigenvalue weighted by Crippen LogP contribution is 2.33. The number of amides is 2. The lowest BCUT2D eigenvalue weighted by Gasteiger charge is -2.24. The van der Waals surface area contributed by atoms with Gasteiger partial charge in [-0.2, -0.15) is 0 Å². The summed E-state index contributed by atoms with van der Waals surface area (Å²) in [5.74, 6) is 0.380. The van der Waals surface area contributed by atoms with Crippen molar-refractivity contribution in [2.24, 2.45) is 5.92 Å². The molecule has 1 aliphatic heterocycles. The summed E-state index contributed by atoms with van der Waals surface area (Å²) >= 11 is 0. The van der Waals surface area contributed by atoms with Crippen LogP contribution in [0.15, 0.2) is 48.8 Å². The van der Waals surface area contributed by atoms with Gasteiger partial charge >= 0.3 is 0 Å². The molecule has 2 heterocycles. The molecule has 1 aromatic heterocycles. The van der Waals surface area contributed by atoms with Crippen LogP contribution in [0.4, 0.5) is 11.4 Å². The molecule has 3 N–H and O–H groups in total. The van der Waals surface area contributed by atoms with Crippen molar-refractivity contribution < 1.29 is 9.59 Å². The molecule has 4 rings (SSSR count). The highest BCUT2D eigenvalue weighted by atomic mass is 16.2. The second-order valence-electron chi connectivity index (χ2n) is 7.37. The fourth-order valence-electron chi connectivity index (χ4n) is 4.13. The first-order chi connectivity index (χ1) is 13.2. The number of rotatable bonds is 4. The van der Waals surface area contributed by atoms with Crippen molar-refractivity contribution in [1.29, 1.82) is 0 Å². The Morgan fingerprint density at radius 1 is 1.00 bits per heavy atom. The van der Waals surface area contributed by atoms with E-state index in [2.05, 4.69) is 20.9 Å². The molecule has 3 atom stereocenters. The minimum atomic E-state index is -0.220. The van der Waals surface area contributed by atoms with E-state index in [-0.39, 0.29) is 17.9 Å². The van der Waals surface area contributed by atoms with Gasteiger partial charge < -0.3 is 16.0 Å². The van der Waals surface area contributed by atoms with E-state index >= 15 is 0 Å². The predicted molar refractivity (Wildman–Crippen MR) is 105 cm³/mol. The van der Waals surface area contributed by atoms with E-state index in [0.29, 0.717) is 28.9 Å². The van der Waals surface area contributed by atoms with Crippen molar-refractivity contribution in [2.75, 3.05) is 10.6 Å². The van der Waals surface area contributed by atoms with Gasteiger partial charge in [0, 0.05) is 35.4 Å². The SMILES string of the molecule is O=C(Nc1ccncc1)c1cccc(NC(=O)C2CC3CCCCC3N2)c1. The van der Waals surface area contributed by atoms with Gasteiger partial charge in [-0.1, -0.05) is 18.9 Å². The zero-order valence-corrected chi connectivity index (χ0v) is 15.2. The van der Waals surface area contributed by atoms with Gasteiger partial charge in [-0.15, -0.1) is 0 Å². The van der Waals surface area contributed by atoms with Gasteiger partial charge in [0.25, 0.3) is 5.91 Å². The Kier molecular flexibility index (Phi) is 5.16. The molecule has 1 saturated heterocycles. The first-order valence-electron chi connectivity index (χ1n) is 9.57. The van der Waals surface area contributed by atoms with Gasteiger partial charge in [0.1, 0.15) is 0 Å². The van der Waals surface area contributed by atoms with E-state index in [4.69, 9.17) is 0 Å². The number of anilines is 2. The molecule has 2 aliphatic rings. The Hall–Kier alpha value is -2.73. The van der Waals surface area contributed by atoms with Crippen molar-refractivity contribution in [3.63, 3.8) is 0 Å². The van der Waals surface area contributed by atoms with E-state index < -0.39 is 0 Å². The summed E-state index contributed by atoms with van der Waals surface area (Å²) in [6.07, 6.45) is 9.05. The van der Waals surface area contributed by atoms with Gasteiger partial charge in [-0.25, -0.2) is 0 Å². The van der Waals surface area contributed by atoms with Gasteiger partial charge in [0.2, 0.25) is 5.91 Å². The summed E-state index contributed by atoms with van der Waals surface area (Å²) in [6.45, 7) is 0. The third kappa shape index (κ3) is 4.17. The zero-order chi connectivity index (χ0) is 18.6. The minimum absolute atomic E-state index is 0.0175. The molecule has 6 nitrogen and oxygen atoms in total. The predicted octanol–water partition coefficient (Wildman–Crippen LogP) is 3.19. The maximum Gasteiger partial charge on any atom is 0.255 e. The lowest BCUT2D eigenvalue weighted by atomic mass is 9.85. The maximum atomic E-state index is 12.6. The number of nitrogens with one attached hydrogen (secondary N) is 3. The molecule has 3 unspecified atom stereocenters. The smallest absolute Gasteiger partial charge is 0.255 e. The second-order valence-corrected chi connectivity index (χ2v) is 7.37. The first-order valence-corrected chi connectivity index (χ1v) is 9.57. The molecule has 27 heavy (non-hydrogen) atoms. The number of nitrogens with zero attached hydrogens (tertiary/aromatic N) is 1. The maximum absolute atomic E-state index is 12.6. The first kappa shape index (κ1) is 17.7. The molecule has 1 aromatic carbocycles. The van der Waals surface area contributed by atoms with Crippen molar-refractivity contribution in [3.8, 4) is 0 Å². The molecule has 140 valence electrons. The number of aromatic nitrogens is 1. The summed E-state index contributed by atoms with van der Waals surface area (Å²) in [5.41, 5.74) is 1.82. The van der Waals surface area contributed by atoms with Gasteiger partial charge in [0.15, 0.2) is 0 Å². The topological polar surface area (TPSA) is 83.1 Å². The highest BCUT2D eigenvalue weighted by molar-refractivity contribution is 6.05. The molecule has 6 heteroatoms. The molecule has 2 amide bonds. The second kappa shape index (κ2) is 7.88. The quantitative estimate of drug-likeness (QED) is 0.778. The van der Waals surface area contributed by atoms with Crippen molar-refractivity contribution in [3.05, 3.63) is 54.4 Å². The van der Waals surface area contributed by atoms with Crippen molar-refractivity contribution >= 4 is 23.2 Å². The largest absolute Gasteiger partial charge is 0.325 e. The number of carbonyl (C=O) groups is 2. The lowest BCUT2D eigenvalue weighted by molar-refractivity contribution is -0.117. The molecule has 2 fully saturated rings. The third-order valence-electron chi connectivity index (χ3n) is 5.51. The highest BCUT2D eigenvalue weighted by Gasteiger charge is 2.38. The van der Waals surface area contributed by atoms with Crippen LogP contribution in [0.3, 0.4) is 0 Å². The van der Waals surface area contributed by atoms with Gasteiger partial charge in [-0.05, 0) is 55.5 Å². The Labute approximate surface area is 158 Å². The van der Waals surface area contributed by atoms with Gasteiger partial charge in [0.05, 0.1) is 6.04 Å². The minimum Gasteiger partial charge on any atom is -0.325 e. The zero-order valence-electron chi connectivity index (χ0n) is 15.2. The Bertz CT molecular complexity index is 810. The molecular weight excluding hydrogens is 340 g/mol. The van der Waals surface area contributed by atoms with Crippen LogP contribution in [-0.2, 0) is 4.79 Å². The number of benzene rings is 1. The number of hydrogen-bond donors (Lipinski definition) is 3. The van der Waals surface area contributed by atoms with Crippen LogP contribution >= 0.6 is 0 Å². The lowest BCUT2D eigenvalue weighted by Crippen LogP contribution is -2.39. The van der Waals surface area contributed by atoms with Crippen LogP contribution in [0.1, 0.15) is 42.5 Å². The number of carbonyl (C=O) groups excluding carboxylic acids is 2. The number of fused-ring (bicyclic) bond motifs is 1. The summed E-state index contributed by atoms with van der Waals surface area (Å²) in [6, 6.07) is 10.8. The number of hydrogen-bond acceptors (Lipinski definition) is 4. The molecule has 0 bridgehead atoms. The molecule has 1 aliphatic carbocycles. The standard InChI is InChI=1S/C21H24N4O2/c26-20(23-16-8-10-22-11-9-16)15-5-3-6-17(12-15)24-21(27)19-13-14-4-1-2-7-18(14)25-19/h3,5-6,8-12,14,18-19,25H,1-2,4,7,13H2,(H,24,27)(H,22,23,26). The average Bonchev–Trinajstić information content (AvgIpc) is 3.13. The van der Waals surface area contributed by atoms with Gasteiger partial charge in [-0.3, -0.25) is 14.6 Å². The fourth-order valence-corrected chi connectivity index (χ4v) is 4.13. The third-order valence-corrected chi connectivity index (χ3v) is 5.51. The van der Waals surface area contributed by atoms with Crippen LogP contribution in [0.5, 0.6) is 0 Å². The van der Waals surface area contributed by atoms with Crippen molar-refractivity contribution in [1.82, 2.24) is 10.3 Å². The molecule has 0 radical (unpaired) electrons. The molecule has 0 spiro atoms. The summed E-state index contributed by atoms with van der Waals surface area (Å²) < 4.78 is 0. The van der Waals surface area contributed by atoms with Crippen molar-refractivity contribution in [2.45, 2.75) is 44.2 Å². The van der Waals surface area contributed by atoms with E-state index in [9.17, 15) is 9.59 Å². The molecule has 2 aromatic rings. The monoisotopic (exact) mass is 364 g/mol. The Balaban J connectivity index is 1.39. The summed E-state index contributed by atoms with van der Waals surface area (Å²) in [4.78, 5) is 29.0. The van der Waals surface area contributed by atoms with E-state index in [0.717, 1.165) is 6.42 Å². The van der Waals surface area contributed by atoms with Crippen LogP contribution < -0.4 is 16.0 Å². The van der Waals surface area contributed by atoms with Crippen LogP contribution in [-0.4, -0.2) is 28.9 Å². The molecule has 1 saturated carbocycles. The molecular formula is C21H24N4O2. The van der Waals surface area contributed by atoms with Crippen LogP contribution in [0.2, 0.25) is 0 Å². The fraction of sp³-hybridized carbons (Fsp3) is 0.381.